The van der Waals surface area contributed by atoms with Crippen LogP contribution < -0.4 is 5.32 Å². The molecule has 1 atom stereocenters. The molecule has 2 heterocycles. The number of likely N-dealkylation sites (tertiary alicyclic amines) is 1. The molecular weight excluding hydrogens is 312 g/mol. The number of piperidine rings is 1. The highest BCUT2D eigenvalue weighted by atomic mass is 16.5. The van der Waals surface area contributed by atoms with Gasteiger partial charge in [0.25, 0.3) is 5.91 Å². The maximum Gasteiger partial charge on any atom is 0.308 e. The Hall–Kier alpha value is -2.31. The van der Waals surface area contributed by atoms with Gasteiger partial charge in [-0.15, -0.1) is 0 Å². The Labute approximate surface area is 141 Å². The maximum atomic E-state index is 12.8. The molecule has 0 spiro atoms. The zero-order valence-electron chi connectivity index (χ0n) is 14.3. The van der Waals surface area contributed by atoms with E-state index in [9.17, 15) is 14.4 Å². The molecule has 1 aliphatic heterocycles. The molecule has 1 aromatic heterocycles. The van der Waals surface area contributed by atoms with Crippen LogP contribution >= 0.6 is 0 Å². The molecule has 0 aliphatic carbocycles. The Bertz CT molecular complexity index is 574. The summed E-state index contributed by atoms with van der Waals surface area (Å²) in [6, 6.07) is 2.55. The van der Waals surface area contributed by atoms with Crippen LogP contribution in [-0.2, 0) is 14.3 Å². The summed E-state index contributed by atoms with van der Waals surface area (Å²) < 4.78 is 9.82. The number of esters is 1. The largest absolute Gasteiger partial charge is 0.469 e. The number of rotatable bonds is 5. The lowest BCUT2D eigenvalue weighted by atomic mass is 9.95. The van der Waals surface area contributed by atoms with Crippen LogP contribution in [0.2, 0.25) is 0 Å². The van der Waals surface area contributed by atoms with E-state index in [1.54, 1.807) is 17.0 Å². The molecule has 1 saturated heterocycles. The first-order chi connectivity index (χ1) is 11.4. The lowest BCUT2D eigenvalue weighted by molar-refractivity contribution is -0.149. The summed E-state index contributed by atoms with van der Waals surface area (Å²) in [6.45, 7) is 4.73. The number of methoxy groups -OCH3 is 1. The van der Waals surface area contributed by atoms with E-state index in [-0.39, 0.29) is 29.5 Å². The van der Waals surface area contributed by atoms with E-state index in [1.165, 1.54) is 13.4 Å². The topological polar surface area (TPSA) is 88.9 Å². The second kappa shape index (κ2) is 7.99. The van der Waals surface area contributed by atoms with Crippen LogP contribution in [0.4, 0.5) is 0 Å². The number of furan rings is 1. The fraction of sp³-hybridized carbons (Fsp3) is 0.588. The summed E-state index contributed by atoms with van der Waals surface area (Å²) in [4.78, 5) is 38.2. The zero-order valence-corrected chi connectivity index (χ0v) is 14.3. The first-order valence-corrected chi connectivity index (χ1v) is 8.15. The molecule has 1 N–H and O–H groups in total. The fourth-order valence-corrected chi connectivity index (χ4v) is 2.83. The van der Waals surface area contributed by atoms with E-state index < -0.39 is 11.9 Å². The number of nitrogens with one attached hydrogen (secondary N) is 1. The van der Waals surface area contributed by atoms with Crippen molar-refractivity contribution in [3.8, 4) is 0 Å². The Morgan fingerprint density at radius 2 is 1.96 bits per heavy atom. The van der Waals surface area contributed by atoms with E-state index in [4.69, 9.17) is 9.15 Å². The second-order valence-corrected chi connectivity index (χ2v) is 6.30. The molecule has 0 saturated carbocycles. The molecule has 7 heteroatoms. The molecule has 0 aromatic carbocycles. The molecule has 1 unspecified atom stereocenters. The fourth-order valence-electron chi connectivity index (χ4n) is 2.83. The molecule has 0 bridgehead atoms. The summed E-state index contributed by atoms with van der Waals surface area (Å²) in [7, 11) is 1.37. The average molecular weight is 336 g/mol. The van der Waals surface area contributed by atoms with Crippen LogP contribution in [0.15, 0.2) is 22.8 Å². The highest BCUT2D eigenvalue weighted by molar-refractivity contribution is 5.95. The van der Waals surface area contributed by atoms with E-state index >= 15 is 0 Å². The minimum absolute atomic E-state index is 0.0604. The minimum atomic E-state index is -0.628. The monoisotopic (exact) mass is 336 g/mol. The molecular formula is C17H24N2O5. The average Bonchev–Trinajstić information content (AvgIpc) is 3.12. The van der Waals surface area contributed by atoms with Crippen LogP contribution in [0.3, 0.4) is 0 Å². The van der Waals surface area contributed by atoms with Crippen molar-refractivity contribution >= 4 is 17.8 Å². The van der Waals surface area contributed by atoms with Crippen molar-refractivity contribution in [2.75, 3.05) is 20.2 Å². The molecule has 7 nitrogen and oxygen atoms in total. The Morgan fingerprint density at radius 3 is 2.46 bits per heavy atom. The third kappa shape index (κ3) is 4.15. The van der Waals surface area contributed by atoms with Gasteiger partial charge >= 0.3 is 5.97 Å². The standard InChI is InChI=1S/C17H24N2O5/c1-11(2)14(18-15(20)13-5-4-10-24-13)16(21)19-8-6-12(7-9-19)17(22)23-3/h4-5,10-12,14H,6-9H2,1-3H3,(H,18,20). The van der Waals surface area contributed by atoms with Crippen LogP contribution in [-0.4, -0.2) is 48.9 Å². The molecule has 24 heavy (non-hydrogen) atoms. The van der Waals surface area contributed by atoms with E-state index in [0.29, 0.717) is 25.9 Å². The lowest BCUT2D eigenvalue weighted by Crippen LogP contribution is -2.53. The van der Waals surface area contributed by atoms with Gasteiger partial charge in [0.15, 0.2) is 5.76 Å². The first kappa shape index (κ1) is 18.0. The highest BCUT2D eigenvalue weighted by Crippen LogP contribution is 2.20. The van der Waals surface area contributed by atoms with Gasteiger partial charge in [-0.05, 0) is 30.9 Å². The molecule has 1 aromatic rings. The van der Waals surface area contributed by atoms with Crippen LogP contribution in [0.25, 0.3) is 0 Å². The van der Waals surface area contributed by atoms with Crippen LogP contribution in [0.5, 0.6) is 0 Å². The number of ether oxygens (including phenoxy) is 1. The van der Waals surface area contributed by atoms with E-state index in [0.717, 1.165) is 0 Å². The lowest BCUT2D eigenvalue weighted by Gasteiger charge is -2.34. The number of amides is 2. The molecule has 132 valence electrons. The smallest absolute Gasteiger partial charge is 0.308 e. The summed E-state index contributed by atoms with van der Waals surface area (Å²) in [5, 5.41) is 2.75. The van der Waals surface area contributed by atoms with E-state index in [1.807, 2.05) is 13.8 Å². The maximum absolute atomic E-state index is 12.8. The Morgan fingerprint density at radius 1 is 1.29 bits per heavy atom. The summed E-state index contributed by atoms with van der Waals surface area (Å²) in [6.07, 6.45) is 2.57. The third-order valence-electron chi connectivity index (χ3n) is 4.31. The van der Waals surface area contributed by atoms with Gasteiger partial charge in [0, 0.05) is 13.1 Å². The minimum Gasteiger partial charge on any atom is -0.469 e. The summed E-state index contributed by atoms with van der Waals surface area (Å²) in [5.41, 5.74) is 0. The predicted octanol–water partition coefficient (Wildman–Crippen LogP) is 1.45. The summed E-state index contributed by atoms with van der Waals surface area (Å²) >= 11 is 0. The summed E-state index contributed by atoms with van der Waals surface area (Å²) in [5.74, 6) is -0.805. The van der Waals surface area contributed by atoms with Crippen LogP contribution in [0, 0.1) is 11.8 Å². The van der Waals surface area contributed by atoms with Crippen molar-refractivity contribution in [1.29, 1.82) is 0 Å². The third-order valence-corrected chi connectivity index (χ3v) is 4.31. The van der Waals surface area contributed by atoms with Crippen molar-refractivity contribution in [2.45, 2.75) is 32.7 Å². The molecule has 0 radical (unpaired) electrons. The van der Waals surface area contributed by atoms with Crippen molar-refractivity contribution in [1.82, 2.24) is 10.2 Å². The van der Waals surface area contributed by atoms with Gasteiger partial charge in [-0.2, -0.15) is 0 Å². The molecule has 2 rings (SSSR count). The van der Waals surface area contributed by atoms with Crippen molar-refractivity contribution in [2.24, 2.45) is 11.8 Å². The number of carbonyl (C=O) groups excluding carboxylic acids is 3. The molecule has 2 amide bonds. The number of hydrogen-bond donors (Lipinski definition) is 1. The second-order valence-electron chi connectivity index (χ2n) is 6.30. The first-order valence-electron chi connectivity index (χ1n) is 8.15. The van der Waals surface area contributed by atoms with Gasteiger partial charge in [0.1, 0.15) is 6.04 Å². The number of hydrogen-bond acceptors (Lipinski definition) is 5. The Balaban J connectivity index is 1.97. The normalized spacial score (nSPS) is 16.8. The zero-order chi connectivity index (χ0) is 17.7. The van der Waals surface area contributed by atoms with Crippen LogP contribution in [0.1, 0.15) is 37.2 Å². The van der Waals surface area contributed by atoms with Crippen molar-refractivity contribution < 1.29 is 23.5 Å². The number of nitrogens with zero attached hydrogens (tertiary/aromatic N) is 1. The molecule has 1 fully saturated rings. The van der Waals surface area contributed by atoms with Gasteiger partial charge in [-0.25, -0.2) is 0 Å². The predicted molar refractivity (Wildman–Crippen MR) is 86.1 cm³/mol. The molecule has 1 aliphatic rings. The SMILES string of the molecule is COC(=O)C1CCN(C(=O)C(NC(=O)c2ccco2)C(C)C)CC1. The van der Waals surface area contributed by atoms with Gasteiger partial charge in [-0.3, -0.25) is 14.4 Å². The Kier molecular flexibility index (Phi) is 6.00. The van der Waals surface area contributed by atoms with E-state index in [2.05, 4.69) is 5.32 Å². The van der Waals surface area contributed by atoms with Gasteiger partial charge in [0.05, 0.1) is 19.3 Å². The van der Waals surface area contributed by atoms with Gasteiger partial charge < -0.3 is 19.4 Å². The highest BCUT2D eigenvalue weighted by Gasteiger charge is 2.33. The number of carbonyl (C=O) groups is 3. The van der Waals surface area contributed by atoms with Gasteiger partial charge in [-0.1, -0.05) is 13.8 Å². The van der Waals surface area contributed by atoms with Gasteiger partial charge in [0.2, 0.25) is 5.91 Å². The quantitative estimate of drug-likeness (QED) is 0.822. The van der Waals surface area contributed by atoms with Crippen molar-refractivity contribution in [3.63, 3.8) is 0 Å². The van der Waals surface area contributed by atoms with Crippen molar-refractivity contribution in [3.05, 3.63) is 24.2 Å².